The van der Waals surface area contributed by atoms with Gasteiger partial charge in [-0.3, -0.25) is 9.59 Å². The quantitative estimate of drug-likeness (QED) is 0.796. The van der Waals surface area contributed by atoms with Crippen molar-refractivity contribution >= 4 is 29.2 Å². The Hall–Kier alpha value is -3.16. The summed E-state index contributed by atoms with van der Waals surface area (Å²) in [5.74, 6) is -0.00242. The summed E-state index contributed by atoms with van der Waals surface area (Å²) in [7, 11) is 0. The number of aliphatic hydroxyl groups is 1. The first-order valence-corrected chi connectivity index (χ1v) is 10.7. The number of nitrogens with one attached hydrogen (secondary N) is 1. The molecule has 2 aromatic carbocycles. The lowest BCUT2D eigenvalue weighted by Gasteiger charge is -2.38. The van der Waals surface area contributed by atoms with Crippen molar-refractivity contribution in [3.63, 3.8) is 0 Å². The number of fused-ring (bicyclic) bond motifs is 1. The van der Waals surface area contributed by atoms with Gasteiger partial charge in [0.2, 0.25) is 0 Å². The molecule has 2 N–H and O–H groups in total. The minimum absolute atomic E-state index is 0.0391. The zero-order valence-corrected chi connectivity index (χ0v) is 17.2. The molecule has 2 amide bonds. The highest BCUT2D eigenvalue weighted by Crippen LogP contribution is 2.31. The van der Waals surface area contributed by atoms with E-state index >= 15 is 0 Å². The van der Waals surface area contributed by atoms with E-state index in [1.165, 1.54) is 0 Å². The summed E-state index contributed by atoms with van der Waals surface area (Å²) >= 11 is 0. The van der Waals surface area contributed by atoms with Crippen LogP contribution in [-0.2, 0) is 9.53 Å². The Labute approximate surface area is 180 Å². The maximum Gasteiger partial charge on any atom is 0.253 e. The summed E-state index contributed by atoms with van der Waals surface area (Å²) in [6.45, 7) is 2.76. The molecule has 2 fully saturated rings. The molecular weight excluding hydrogens is 394 g/mol. The smallest absolute Gasteiger partial charge is 0.253 e. The van der Waals surface area contributed by atoms with Crippen LogP contribution in [0.1, 0.15) is 27.9 Å². The standard InChI is InChI=1S/C24H25N3O4/c28-22-19(15-18-3-1-2-4-20(18)25-22)16-5-7-17(8-6-16)23(29)26-10-12-27(13-11-26)24(30)21-9-14-31-21/h1-8,15,21-22,25,28H,9-14H2. The monoisotopic (exact) mass is 419 g/mol. The number of piperazine rings is 1. The Morgan fingerprint density at radius 3 is 2.32 bits per heavy atom. The van der Waals surface area contributed by atoms with Crippen LogP contribution in [0.5, 0.6) is 0 Å². The van der Waals surface area contributed by atoms with Gasteiger partial charge in [-0.15, -0.1) is 0 Å². The van der Waals surface area contributed by atoms with Crippen LogP contribution in [-0.4, -0.2) is 71.8 Å². The Balaban J connectivity index is 1.25. The number of hydrogen-bond donors (Lipinski definition) is 2. The number of amides is 2. The molecule has 2 atom stereocenters. The Morgan fingerprint density at radius 1 is 0.968 bits per heavy atom. The van der Waals surface area contributed by atoms with Gasteiger partial charge < -0.3 is 25.0 Å². The molecule has 5 rings (SSSR count). The lowest BCUT2D eigenvalue weighted by atomic mass is 9.96. The van der Waals surface area contributed by atoms with Gasteiger partial charge in [0.25, 0.3) is 11.8 Å². The molecule has 7 nitrogen and oxygen atoms in total. The van der Waals surface area contributed by atoms with Crippen molar-refractivity contribution in [2.75, 3.05) is 38.1 Å². The van der Waals surface area contributed by atoms with Gasteiger partial charge in [-0.2, -0.15) is 0 Å². The molecule has 3 aliphatic heterocycles. The summed E-state index contributed by atoms with van der Waals surface area (Å²) in [6.07, 6.45) is 1.66. The number of nitrogens with zero attached hydrogens (tertiary/aromatic N) is 2. The van der Waals surface area contributed by atoms with Gasteiger partial charge in [-0.25, -0.2) is 0 Å². The zero-order valence-electron chi connectivity index (χ0n) is 17.2. The predicted octanol–water partition coefficient (Wildman–Crippen LogP) is 2.04. The Kier molecular flexibility index (Phi) is 5.21. The van der Waals surface area contributed by atoms with Crippen LogP contribution < -0.4 is 5.32 Å². The SMILES string of the molecule is O=C(c1ccc(C2=Cc3ccccc3NC2O)cc1)N1CCN(C(=O)C2CCO2)CC1. The first-order valence-electron chi connectivity index (χ1n) is 10.7. The van der Waals surface area contributed by atoms with Crippen LogP contribution in [0.3, 0.4) is 0 Å². The van der Waals surface area contributed by atoms with E-state index in [-0.39, 0.29) is 17.9 Å². The summed E-state index contributed by atoms with van der Waals surface area (Å²) in [5, 5.41) is 13.6. The van der Waals surface area contributed by atoms with Gasteiger partial charge in [-0.1, -0.05) is 30.3 Å². The third kappa shape index (κ3) is 3.82. The highest BCUT2D eigenvalue weighted by Gasteiger charge is 2.33. The van der Waals surface area contributed by atoms with Crippen LogP contribution in [0.2, 0.25) is 0 Å². The van der Waals surface area contributed by atoms with Crippen LogP contribution in [0.4, 0.5) is 5.69 Å². The largest absolute Gasteiger partial charge is 0.369 e. The Bertz CT molecular complexity index is 1020. The number of carbonyl (C=O) groups excluding carboxylic acids is 2. The van der Waals surface area contributed by atoms with Crippen molar-refractivity contribution in [2.24, 2.45) is 0 Å². The number of para-hydroxylation sites is 1. The van der Waals surface area contributed by atoms with E-state index in [0.29, 0.717) is 38.3 Å². The number of carbonyl (C=O) groups is 2. The van der Waals surface area contributed by atoms with E-state index in [2.05, 4.69) is 5.32 Å². The second kappa shape index (κ2) is 8.17. The minimum Gasteiger partial charge on any atom is -0.369 e. The molecule has 160 valence electrons. The van der Waals surface area contributed by atoms with Crippen LogP contribution in [0, 0.1) is 0 Å². The first kappa shape index (κ1) is 19.8. The van der Waals surface area contributed by atoms with Gasteiger partial charge in [-0.05, 0) is 35.4 Å². The molecule has 3 aliphatic rings. The molecule has 2 saturated heterocycles. The topological polar surface area (TPSA) is 82.1 Å². The van der Waals surface area contributed by atoms with Crippen LogP contribution in [0.25, 0.3) is 11.6 Å². The molecule has 0 aliphatic carbocycles. The molecule has 3 heterocycles. The second-order valence-corrected chi connectivity index (χ2v) is 8.08. The van der Waals surface area contributed by atoms with Crippen molar-refractivity contribution in [3.8, 4) is 0 Å². The summed E-state index contributed by atoms with van der Waals surface area (Å²) in [5.41, 5.74) is 4.14. The molecule has 0 aromatic heterocycles. The van der Waals surface area contributed by atoms with E-state index in [1.807, 2.05) is 42.5 Å². The fraction of sp³-hybridized carbons (Fsp3) is 0.333. The molecule has 0 spiro atoms. The molecule has 2 unspecified atom stereocenters. The summed E-state index contributed by atoms with van der Waals surface area (Å²) in [6, 6.07) is 15.1. The number of anilines is 1. The summed E-state index contributed by atoms with van der Waals surface area (Å²) < 4.78 is 5.28. The van der Waals surface area contributed by atoms with Crippen molar-refractivity contribution in [1.82, 2.24) is 9.80 Å². The Morgan fingerprint density at radius 2 is 1.65 bits per heavy atom. The number of ether oxygens (including phenoxy) is 1. The lowest BCUT2D eigenvalue weighted by molar-refractivity contribution is -0.157. The van der Waals surface area contributed by atoms with E-state index in [0.717, 1.165) is 28.8 Å². The fourth-order valence-corrected chi connectivity index (χ4v) is 4.22. The minimum atomic E-state index is -0.804. The maximum absolute atomic E-state index is 12.9. The van der Waals surface area contributed by atoms with E-state index in [4.69, 9.17) is 4.74 Å². The third-order valence-corrected chi connectivity index (χ3v) is 6.18. The normalized spacial score (nSPS) is 22.7. The summed E-state index contributed by atoms with van der Waals surface area (Å²) in [4.78, 5) is 28.8. The number of benzene rings is 2. The van der Waals surface area contributed by atoms with Gasteiger partial charge in [0, 0.05) is 49.4 Å². The van der Waals surface area contributed by atoms with Crippen molar-refractivity contribution in [3.05, 3.63) is 65.2 Å². The maximum atomic E-state index is 12.9. The van der Waals surface area contributed by atoms with Crippen LogP contribution in [0.15, 0.2) is 48.5 Å². The van der Waals surface area contributed by atoms with Gasteiger partial charge in [0.15, 0.2) is 6.23 Å². The lowest BCUT2D eigenvalue weighted by Crippen LogP contribution is -2.54. The van der Waals surface area contributed by atoms with Gasteiger partial charge in [0.1, 0.15) is 6.10 Å². The second-order valence-electron chi connectivity index (χ2n) is 8.08. The highest BCUT2D eigenvalue weighted by atomic mass is 16.5. The first-order chi connectivity index (χ1) is 15.1. The number of rotatable bonds is 3. The molecular formula is C24H25N3O4. The van der Waals surface area contributed by atoms with Crippen molar-refractivity contribution < 1.29 is 19.4 Å². The van der Waals surface area contributed by atoms with E-state index in [1.54, 1.807) is 21.9 Å². The number of hydrogen-bond acceptors (Lipinski definition) is 5. The average molecular weight is 419 g/mol. The molecule has 0 bridgehead atoms. The van der Waals surface area contributed by atoms with E-state index < -0.39 is 6.23 Å². The molecule has 0 radical (unpaired) electrons. The molecule has 31 heavy (non-hydrogen) atoms. The van der Waals surface area contributed by atoms with E-state index in [9.17, 15) is 14.7 Å². The third-order valence-electron chi connectivity index (χ3n) is 6.18. The molecule has 7 heteroatoms. The molecule has 0 saturated carbocycles. The van der Waals surface area contributed by atoms with Gasteiger partial charge in [0.05, 0.1) is 6.61 Å². The highest BCUT2D eigenvalue weighted by molar-refractivity contribution is 5.96. The fourth-order valence-electron chi connectivity index (χ4n) is 4.22. The van der Waals surface area contributed by atoms with Crippen molar-refractivity contribution in [2.45, 2.75) is 18.8 Å². The van der Waals surface area contributed by atoms with Crippen molar-refractivity contribution in [1.29, 1.82) is 0 Å². The average Bonchev–Trinajstić information content (AvgIpc) is 2.77. The zero-order chi connectivity index (χ0) is 21.4. The molecule has 2 aromatic rings. The van der Waals surface area contributed by atoms with Gasteiger partial charge >= 0.3 is 0 Å². The number of aliphatic hydroxyl groups excluding tert-OH is 1. The van der Waals surface area contributed by atoms with Crippen LogP contribution >= 0.6 is 0 Å². The predicted molar refractivity (Wildman–Crippen MR) is 117 cm³/mol.